The summed E-state index contributed by atoms with van der Waals surface area (Å²) in [4.78, 5) is 37.6. The van der Waals surface area contributed by atoms with Crippen LogP contribution in [-0.2, 0) is 9.59 Å². The average Bonchev–Trinajstić information content (AvgIpc) is 2.77. The number of nitrogens with zero attached hydrogens (tertiary/aromatic N) is 2. The van der Waals surface area contributed by atoms with Crippen molar-refractivity contribution in [1.29, 1.82) is 0 Å². The first-order valence-electron chi connectivity index (χ1n) is 9.72. The van der Waals surface area contributed by atoms with Gasteiger partial charge in [0.2, 0.25) is 17.2 Å². The first kappa shape index (κ1) is 22.4. The quantitative estimate of drug-likeness (QED) is 0.483. The fraction of sp³-hybridized carbons (Fsp3) is 0.136. The third-order valence-electron chi connectivity index (χ3n) is 4.90. The van der Waals surface area contributed by atoms with Crippen LogP contribution in [0, 0.1) is 0 Å². The number of H-pyrrole nitrogens is 1. The van der Waals surface area contributed by atoms with Crippen LogP contribution in [0.15, 0.2) is 52.1 Å². The Morgan fingerprint density at radius 2 is 1.82 bits per heavy atom. The molecule has 0 aliphatic carbocycles. The Kier molecular flexibility index (Phi) is 5.86. The maximum atomic E-state index is 11.9. The Balaban J connectivity index is 1.73. The van der Waals surface area contributed by atoms with Gasteiger partial charge >= 0.3 is 0 Å². The van der Waals surface area contributed by atoms with E-state index < -0.39 is 5.91 Å². The SMILES string of the molecule is CC(C)c1cc(=O)[nH]c2ccc(Oc3c(Cl)cc(N4N=C(N)C(=O)NC4=C=O)cc3Cl)cc12. The van der Waals surface area contributed by atoms with Crippen molar-refractivity contribution in [2.45, 2.75) is 19.8 Å². The lowest BCUT2D eigenvalue weighted by Gasteiger charge is -2.25. The Bertz CT molecular complexity index is 1420. The first-order chi connectivity index (χ1) is 15.7. The highest BCUT2D eigenvalue weighted by molar-refractivity contribution is 6.39. The number of carbonyl (C=O) groups excluding carboxylic acids is 2. The number of benzene rings is 2. The Morgan fingerprint density at radius 3 is 2.45 bits per heavy atom. The predicted molar refractivity (Wildman–Crippen MR) is 127 cm³/mol. The van der Waals surface area contributed by atoms with E-state index in [-0.39, 0.29) is 44.6 Å². The number of pyridine rings is 1. The maximum absolute atomic E-state index is 11.9. The fourth-order valence-corrected chi connectivity index (χ4v) is 3.92. The third-order valence-corrected chi connectivity index (χ3v) is 5.46. The normalized spacial score (nSPS) is 13.7. The molecular weight excluding hydrogens is 469 g/mol. The molecule has 1 aromatic heterocycles. The van der Waals surface area contributed by atoms with Crippen molar-refractivity contribution in [3.8, 4) is 11.5 Å². The van der Waals surface area contributed by atoms with Crippen LogP contribution >= 0.6 is 23.2 Å². The number of amides is 1. The van der Waals surface area contributed by atoms with E-state index >= 15 is 0 Å². The summed E-state index contributed by atoms with van der Waals surface area (Å²) in [6, 6.07) is 9.68. The van der Waals surface area contributed by atoms with Gasteiger partial charge in [0.15, 0.2) is 11.7 Å². The van der Waals surface area contributed by atoms with E-state index in [2.05, 4.69) is 15.4 Å². The van der Waals surface area contributed by atoms with Crippen molar-refractivity contribution in [3.05, 3.63) is 68.2 Å². The number of carbonyl (C=O) groups is 1. The van der Waals surface area contributed by atoms with Gasteiger partial charge in [0.25, 0.3) is 5.91 Å². The molecule has 2 aromatic carbocycles. The van der Waals surface area contributed by atoms with E-state index in [1.165, 1.54) is 12.1 Å². The molecular formula is C22H17Cl2N5O4. The minimum atomic E-state index is -0.722. The van der Waals surface area contributed by atoms with Crippen LogP contribution in [0.4, 0.5) is 5.69 Å². The number of aromatic nitrogens is 1. The number of fused-ring (bicyclic) bond motifs is 1. The smallest absolute Gasteiger partial charge is 0.294 e. The van der Waals surface area contributed by atoms with E-state index in [4.69, 9.17) is 33.7 Å². The van der Waals surface area contributed by atoms with Crippen LogP contribution in [-0.4, -0.2) is 22.7 Å². The molecule has 2 heterocycles. The van der Waals surface area contributed by atoms with Crippen molar-refractivity contribution in [2.75, 3.05) is 5.01 Å². The van der Waals surface area contributed by atoms with Crippen LogP contribution < -0.4 is 26.4 Å². The summed E-state index contributed by atoms with van der Waals surface area (Å²) >= 11 is 12.8. The number of nitrogens with two attached hydrogens (primary N) is 1. The van der Waals surface area contributed by atoms with Gasteiger partial charge in [-0.2, -0.15) is 0 Å². The van der Waals surface area contributed by atoms with Gasteiger partial charge in [-0.3, -0.25) is 14.9 Å². The van der Waals surface area contributed by atoms with Crippen molar-refractivity contribution >= 4 is 57.5 Å². The molecule has 33 heavy (non-hydrogen) atoms. The Labute approximate surface area is 197 Å². The number of ether oxygens (including phenoxy) is 1. The summed E-state index contributed by atoms with van der Waals surface area (Å²) in [5.74, 6) is 0.997. The van der Waals surface area contributed by atoms with Crippen molar-refractivity contribution in [2.24, 2.45) is 10.8 Å². The number of hydrogen-bond donors (Lipinski definition) is 3. The van der Waals surface area contributed by atoms with E-state index in [9.17, 15) is 14.4 Å². The fourth-order valence-electron chi connectivity index (χ4n) is 3.37. The lowest BCUT2D eigenvalue weighted by atomic mass is 9.99. The summed E-state index contributed by atoms with van der Waals surface area (Å²) in [6.45, 7) is 3.99. The minimum Gasteiger partial charge on any atom is -0.454 e. The van der Waals surface area contributed by atoms with E-state index in [1.807, 2.05) is 13.8 Å². The molecule has 1 amide bonds. The molecule has 0 saturated carbocycles. The molecule has 1 aliphatic heterocycles. The average molecular weight is 486 g/mol. The summed E-state index contributed by atoms with van der Waals surface area (Å²) in [5, 5.41) is 8.30. The zero-order valence-corrected chi connectivity index (χ0v) is 18.9. The molecule has 3 aromatic rings. The van der Waals surface area contributed by atoms with Crippen molar-refractivity contribution < 1.29 is 14.3 Å². The highest BCUT2D eigenvalue weighted by Gasteiger charge is 2.26. The molecule has 0 unspecified atom stereocenters. The molecule has 0 radical (unpaired) electrons. The molecule has 0 saturated heterocycles. The van der Waals surface area contributed by atoms with Crippen LogP contribution in [0.3, 0.4) is 0 Å². The van der Waals surface area contributed by atoms with Crippen LogP contribution in [0.25, 0.3) is 10.9 Å². The number of halogens is 2. The molecule has 9 nitrogen and oxygen atoms in total. The first-order valence-corrected chi connectivity index (χ1v) is 10.5. The summed E-state index contributed by atoms with van der Waals surface area (Å²) in [5.41, 5.74) is 7.20. The van der Waals surface area contributed by atoms with Gasteiger partial charge in [0.1, 0.15) is 5.75 Å². The topological polar surface area (TPSA) is 130 Å². The maximum Gasteiger partial charge on any atom is 0.294 e. The monoisotopic (exact) mass is 485 g/mol. The number of hydrazone groups is 1. The van der Waals surface area contributed by atoms with Crippen LogP contribution in [0.1, 0.15) is 25.3 Å². The van der Waals surface area contributed by atoms with Gasteiger partial charge in [-0.1, -0.05) is 37.0 Å². The minimum absolute atomic E-state index is 0.120. The Morgan fingerprint density at radius 1 is 1.12 bits per heavy atom. The number of rotatable bonds is 4. The highest BCUT2D eigenvalue weighted by atomic mass is 35.5. The van der Waals surface area contributed by atoms with Gasteiger partial charge in [0, 0.05) is 17.0 Å². The van der Waals surface area contributed by atoms with Crippen molar-refractivity contribution in [1.82, 2.24) is 10.3 Å². The highest BCUT2D eigenvalue weighted by Crippen LogP contribution is 2.41. The second kappa shape index (κ2) is 8.63. The number of aromatic amines is 1. The molecule has 4 N–H and O–H groups in total. The molecule has 168 valence electrons. The van der Waals surface area contributed by atoms with E-state index in [0.717, 1.165) is 16.0 Å². The second-order valence-electron chi connectivity index (χ2n) is 7.49. The number of anilines is 1. The molecule has 0 bridgehead atoms. The van der Waals surface area contributed by atoms with Crippen LogP contribution in [0.5, 0.6) is 11.5 Å². The lowest BCUT2D eigenvalue weighted by molar-refractivity contribution is -0.114. The zero-order valence-electron chi connectivity index (χ0n) is 17.4. The molecule has 4 rings (SSSR count). The van der Waals surface area contributed by atoms with Crippen molar-refractivity contribution in [3.63, 3.8) is 0 Å². The number of amidine groups is 1. The predicted octanol–water partition coefficient (Wildman–Crippen LogP) is 3.63. The van der Waals surface area contributed by atoms with Gasteiger partial charge in [0.05, 0.1) is 15.7 Å². The van der Waals surface area contributed by atoms with E-state index in [1.54, 1.807) is 30.2 Å². The summed E-state index contributed by atoms with van der Waals surface area (Å²) in [6.07, 6.45) is 0. The number of nitrogens with one attached hydrogen (secondary N) is 2. The third kappa shape index (κ3) is 4.29. The van der Waals surface area contributed by atoms with Gasteiger partial charge in [-0.15, -0.1) is 5.10 Å². The molecule has 11 heteroatoms. The van der Waals surface area contributed by atoms with Gasteiger partial charge in [-0.05, 0) is 41.8 Å². The van der Waals surface area contributed by atoms with Crippen LogP contribution in [0.2, 0.25) is 10.0 Å². The summed E-state index contributed by atoms with van der Waals surface area (Å²) < 4.78 is 5.96. The molecule has 0 spiro atoms. The second-order valence-corrected chi connectivity index (χ2v) is 8.31. The largest absolute Gasteiger partial charge is 0.454 e. The van der Waals surface area contributed by atoms with E-state index in [0.29, 0.717) is 11.3 Å². The standard InChI is InChI=1S/C22H17Cl2N5O4/c1-10(2)13-8-19(31)26-17-4-3-12(7-14(13)17)33-20-15(23)5-11(6-16(20)24)29-18(9-30)27-22(32)21(25)28-29/h3-8,10H,1-2H3,(H2,25,28)(H,26,31)(H,27,32). The summed E-state index contributed by atoms with van der Waals surface area (Å²) in [7, 11) is 0. The zero-order chi connectivity index (χ0) is 23.9. The number of hydrogen-bond acceptors (Lipinski definition) is 7. The van der Waals surface area contributed by atoms with Gasteiger partial charge in [-0.25, -0.2) is 9.80 Å². The molecule has 0 atom stereocenters. The lowest BCUT2D eigenvalue weighted by Crippen LogP contribution is -2.46. The van der Waals surface area contributed by atoms with Gasteiger partial charge < -0.3 is 15.5 Å². The molecule has 1 aliphatic rings. The molecule has 0 fully saturated rings. The Hall–Kier alpha value is -3.78.